The summed E-state index contributed by atoms with van der Waals surface area (Å²) in [6, 6.07) is 4.83. The van der Waals surface area contributed by atoms with Gasteiger partial charge in [-0.2, -0.15) is 4.68 Å². The first-order valence-electron chi connectivity index (χ1n) is 7.09. The molecule has 1 fully saturated rings. The molecule has 0 spiro atoms. The zero-order valence-corrected chi connectivity index (χ0v) is 13.0. The van der Waals surface area contributed by atoms with E-state index in [9.17, 15) is 9.59 Å². The van der Waals surface area contributed by atoms with Crippen molar-refractivity contribution in [1.82, 2.24) is 20.2 Å². The first kappa shape index (κ1) is 15.4. The number of amides is 1. The summed E-state index contributed by atoms with van der Waals surface area (Å²) in [5.74, 6) is -1.89. The fourth-order valence-electron chi connectivity index (χ4n) is 2.08. The summed E-state index contributed by atoms with van der Waals surface area (Å²) in [6.07, 6.45) is 2.06. The number of anilines is 1. The van der Waals surface area contributed by atoms with Crippen molar-refractivity contribution in [3.8, 4) is 5.69 Å². The molecule has 1 aliphatic carbocycles. The molecule has 1 amide bonds. The second-order valence-electron chi connectivity index (χ2n) is 5.44. The molecule has 1 aliphatic rings. The van der Waals surface area contributed by atoms with Gasteiger partial charge in [-0.05, 0) is 48.4 Å². The number of hydrogen-bond acceptors (Lipinski definition) is 5. The van der Waals surface area contributed by atoms with Gasteiger partial charge in [0.25, 0.3) is 0 Å². The van der Waals surface area contributed by atoms with Gasteiger partial charge in [-0.25, -0.2) is 0 Å². The highest BCUT2D eigenvalue weighted by Gasteiger charge is 2.30. The van der Waals surface area contributed by atoms with Gasteiger partial charge in [-0.3, -0.25) is 9.59 Å². The molecule has 1 heterocycles. The highest BCUT2D eigenvalue weighted by molar-refractivity contribution is 6.32. The summed E-state index contributed by atoms with van der Waals surface area (Å²) >= 11 is 6.21. The van der Waals surface area contributed by atoms with Crippen LogP contribution in [0.2, 0.25) is 5.02 Å². The predicted molar refractivity (Wildman–Crippen MR) is 81.6 cm³/mol. The number of aliphatic carboxylic acids is 1. The minimum absolute atomic E-state index is 0.325. The Morgan fingerprint density at radius 3 is 2.83 bits per heavy atom. The molecule has 120 valence electrons. The second-order valence-corrected chi connectivity index (χ2v) is 5.85. The van der Waals surface area contributed by atoms with Crippen LogP contribution in [0.15, 0.2) is 18.2 Å². The molecule has 1 aromatic carbocycles. The molecule has 0 saturated heterocycles. The smallest absolute Gasteiger partial charge is 0.315 e. The Kier molecular flexibility index (Phi) is 3.99. The van der Waals surface area contributed by atoms with E-state index in [1.165, 1.54) is 6.92 Å². The molecule has 9 heteroatoms. The van der Waals surface area contributed by atoms with Crippen LogP contribution in [0.3, 0.4) is 0 Å². The molecule has 2 N–H and O–H groups in total. The van der Waals surface area contributed by atoms with Crippen LogP contribution in [0.25, 0.3) is 5.69 Å². The van der Waals surface area contributed by atoms with Crippen molar-refractivity contribution >= 4 is 29.2 Å². The summed E-state index contributed by atoms with van der Waals surface area (Å²) in [7, 11) is 0. The monoisotopic (exact) mass is 335 g/mol. The van der Waals surface area contributed by atoms with Gasteiger partial charge < -0.3 is 10.4 Å². The fourth-order valence-corrected chi connectivity index (χ4v) is 2.27. The summed E-state index contributed by atoms with van der Waals surface area (Å²) in [4.78, 5) is 22.7. The van der Waals surface area contributed by atoms with Crippen molar-refractivity contribution in [2.75, 3.05) is 5.32 Å². The topological polar surface area (TPSA) is 110 Å². The van der Waals surface area contributed by atoms with E-state index in [-0.39, 0.29) is 0 Å². The molecule has 0 aliphatic heterocycles. The van der Waals surface area contributed by atoms with Gasteiger partial charge >= 0.3 is 5.97 Å². The van der Waals surface area contributed by atoms with Crippen LogP contribution >= 0.6 is 11.6 Å². The highest BCUT2D eigenvalue weighted by atomic mass is 35.5. The Labute approximate surface area is 136 Å². The molecule has 0 bridgehead atoms. The quantitative estimate of drug-likeness (QED) is 0.807. The lowest BCUT2D eigenvalue weighted by Crippen LogP contribution is -2.26. The molecule has 1 saturated carbocycles. The molecular formula is C14H14ClN5O3. The maximum absolute atomic E-state index is 11.8. The molecule has 23 heavy (non-hydrogen) atoms. The third-order valence-corrected chi connectivity index (χ3v) is 3.96. The molecule has 8 nitrogen and oxygen atoms in total. The largest absolute Gasteiger partial charge is 0.481 e. The Morgan fingerprint density at radius 2 is 2.17 bits per heavy atom. The van der Waals surface area contributed by atoms with Crippen LogP contribution in [0, 0.1) is 5.92 Å². The summed E-state index contributed by atoms with van der Waals surface area (Å²) in [5, 5.41) is 23.5. The number of benzene rings is 1. The molecular weight excluding hydrogens is 322 g/mol. The average molecular weight is 336 g/mol. The van der Waals surface area contributed by atoms with E-state index in [4.69, 9.17) is 16.7 Å². The van der Waals surface area contributed by atoms with Gasteiger partial charge in [0.1, 0.15) is 5.92 Å². The zero-order valence-electron chi connectivity index (χ0n) is 12.2. The predicted octanol–water partition coefficient (Wildman–Crippen LogP) is 1.85. The number of nitrogens with one attached hydrogen (secondary N) is 1. The van der Waals surface area contributed by atoms with Crippen molar-refractivity contribution in [2.24, 2.45) is 5.92 Å². The van der Waals surface area contributed by atoms with Crippen LogP contribution in [-0.2, 0) is 9.59 Å². The molecule has 1 atom stereocenters. The lowest BCUT2D eigenvalue weighted by Gasteiger charge is -2.11. The van der Waals surface area contributed by atoms with Gasteiger partial charge in [0.2, 0.25) is 5.91 Å². The van der Waals surface area contributed by atoms with Gasteiger partial charge in [0.15, 0.2) is 5.82 Å². The SMILES string of the molecule is CC(C(=O)O)C(=O)Nc1ccc(Cl)c(-n2nnnc2C2CC2)c1. The van der Waals surface area contributed by atoms with Gasteiger partial charge in [-0.1, -0.05) is 11.6 Å². The number of carbonyl (C=O) groups excluding carboxylic acids is 1. The van der Waals surface area contributed by atoms with Crippen LogP contribution in [0.1, 0.15) is 31.5 Å². The van der Waals surface area contributed by atoms with E-state index >= 15 is 0 Å². The molecule has 1 aromatic heterocycles. The maximum Gasteiger partial charge on any atom is 0.315 e. The Hall–Kier alpha value is -2.48. The number of aromatic nitrogens is 4. The third-order valence-electron chi connectivity index (χ3n) is 3.64. The lowest BCUT2D eigenvalue weighted by atomic mass is 10.1. The minimum Gasteiger partial charge on any atom is -0.481 e. The van der Waals surface area contributed by atoms with E-state index in [1.54, 1.807) is 22.9 Å². The van der Waals surface area contributed by atoms with Crippen LogP contribution < -0.4 is 5.32 Å². The van der Waals surface area contributed by atoms with Crippen molar-refractivity contribution in [3.05, 3.63) is 29.0 Å². The second kappa shape index (κ2) is 5.96. The zero-order chi connectivity index (χ0) is 16.6. The normalized spacial score (nSPS) is 15.2. The number of carboxylic acids is 1. The summed E-state index contributed by atoms with van der Waals surface area (Å²) < 4.78 is 1.55. The van der Waals surface area contributed by atoms with E-state index in [1.807, 2.05) is 0 Å². The van der Waals surface area contributed by atoms with Crippen molar-refractivity contribution < 1.29 is 14.7 Å². The van der Waals surface area contributed by atoms with E-state index in [0.29, 0.717) is 22.3 Å². The van der Waals surface area contributed by atoms with Crippen LogP contribution in [0.5, 0.6) is 0 Å². The summed E-state index contributed by atoms with van der Waals surface area (Å²) in [5.41, 5.74) is 0.971. The van der Waals surface area contributed by atoms with Gasteiger partial charge in [-0.15, -0.1) is 5.10 Å². The number of tetrazole rings is 1. The standard InChI is InChI=1S/C14H14ClN5O3/c1-7(14(22)23)13(21)16-9-4-5-10(15)11(6-9)20-12(8-2-3-8)17-18-19-20/h4-8H,2-3H2,1H3,(H,16,21)(H,22,23). The number of hydrogen-bond donors (Lipinski definition) is 2. The lowest BCUT2D eigenvalue weighted by molar-refractivity contribution is -0.144. The first-order chi connectivity index (χ1) is 11.0. The number of rotatable bonds is 5. The van der Waals surface area contributed by atoms with Crippen molar-refractivity contribution in [1.29, 1.82) is 0 Å². The average Bonchev–Trinajstić information content (AvgIpc) is 3.25. The van der Waals surface area contributed by atoms with Crippen molar-refractivity contribution in [2.45, 2.75) is 25.7 Å². The van der Waals surface area contributed by atoms with Crippen LogP contribution in [-0.4, -0.2) is 37.2 Å². The minimum atomic E-state index is -1.19. The third kappa shape index (κ3) is 3.16. The number of nitrogens with zero attached hydrogens (tertiary/aromatic N) is 4. The van der Waals surface area contributed by atoms with E-state index < -0.39 is 17.8 Å². The fraction of sp³-hybridized carbons (Fsp3) is 0.357. The molecule has 3 rings (SSSR count). The van der Waals surface area contributed by atoms with Gasteiger partial charge in [0, 0.05) is 11.6 Å². The van der Waals surface area contributed by atoms with Crippen molar-refractivity contribution in [3.63, 3.8) is 0 Å². The number of carbonyl (C=O) groups is 2. The Bertz CT molecular complexity index is 772. The molecule has 2 aromatic rings. The van der Waals surface area contributed by atoms with Crippen LogP contribution in [0.4, 0.5) is 5.69 Å². The molecule has 0 radical (unpaired) electrons. The number of halogens is 1. The maximum atomic E-state index is 11.8. The summed E-state index contributed by atoms with van der Waals surface area (Å²) in [6.45, 7) is 1.32. The highest BCUT2D eigenvalue weighted by Crippen LogP contribution is 2.39. The van der Waals surface area contributed by atoms with E-state index in [0.717, 1.165) is 18.7 Å². The Morgan fingerprint density at radius 1 is 1.43 bits per heavy atom. The molecule has 1 unspecified atom stereocenters. The Balaban J connectivity index is 1.89. The van der Waals surface area contributed by atoms with Gasteiger partial charge in [0.05, 0.1) is 10.7 Å². The van der Waals surface area contributed by atoms with E-state index in [2.05, 4.69) is 20.8 Å². The number of carboxylic acid groups (broad SMARTS) is 1. The first-order valence-corrected chi connectivity index (χ1v) is 7.47.